The zero-order valence-corrected chi connectivity index (χ0v) is 12.3. The van der Waals surface area contributed by atoms with Crippen LogP contribution in [0.1, 0.15) is 18.9 Å². The third-order valence-electron chi connectivity index (χ3n) is 4.21. The lowest BCUT2D eigenvalue weighted by molar-refractivity contribution is -0.152. The van der Waals surface area contributed by atoms with Gasteiger partial charge in [-0.25, -0.2) is 4.79 Å². The second-order valence-electron chi connectivity index (χ2n) is 5.64. The summed E-state index contributed by atoms with van der Waals surface area (Å²) >= 11 is 5.93. The highest BCUT2D eigenvalue weighted by atomic mass is 35.5. The summed E-state index contributed by atoms with van der Waals surface area (Å²) in [4.78, 5) is 25.4. The molecule has 2 aliphatic rings. The Morgan fingerprint density at radius 3 is 2.90 bits per heavy atom. The van der Waals surface area contributed by atoms with Gasteiger partial charge in [-0.1, -0.05) is 18.5 Å². The third kappa shape index (κ3) is 2.46. The molecule has 1 amide bonds. The molecule has 5 nitrogen and oxygen atoms in total. The minimum atomic E-state index is -0.952. The van der Waals surface area contributed by atoms with Crippen molar-refractivity contribution >= 4 is 23.5 Å². The molecule has 1 saturated heterocycles. The van der Waals surface area contributed by atoms with Crippen molar-refractivity contribution in [3.63, 3.8) is 0 Å². The first-order valence-corrected chi connectivity index (χ1v) is 7.33. The van der Waals surface area contributed by atoms with Gasteiger partial charge in [0, 0.05) is 18.0 Å². The highest BCUT2D eigenvalue weighted by Crippen LogP contribution is 2.33. The number of carboxylic acid groups (broad SMARTS) is 1. The monoisotopic (exact) mass is 309 g/mol. The van der Waals surface area contributed by atoms with E-state index in [9.17, 15) is 14.7 Å². The first-order valence-electron chi connectivity index (χ1n) is 6.95. The Bertz CT molecular complexity index is 603. The molecule has 2 aliphatic heterocycles. The van der Waals surface area contributed by atoms with E-state index in [4.69, 9.17) is 16.3 Å². The van der Waals surface area contributed by atoms with Gasteiger partial charge in [-0.15, -0.1) is 0 Å². The molecule has 1 aromatic carbocycles. The summed E-state index contributed by atoms with van der Waals surface area (Å²) in [6, 6.07) is 4.48. The lowest BCUT2D eigenvalue weighted by atomic mass is 10.0. The normalized spacial score (nSPS) is 27.3. The Kier molecular flexibility index (Phi) is 3.53. The molecule has 0 aliphatic carbocycles. The van der Waals surface area contributed by atoms with E-state index in [1.165, 1.54) is 4.90 Å². The lowest BCUT2D eigenvalue weighted by Crippen LogP contribution is -2.48. The minimum Gasteiger partial charge on any atom is -0.480 e. The predicted octanol–water partition coefficient (Wildman–Crippen LogP) is 1.97. The number of carbonyl (C=O) groups is 2. The molecular weight excluding hydrogens is 294 g/mol. The molecule has 6 heteroatoms. The van der Waals surface area contributed by atoms with Crippen LogP contribution >= 0.6 is 11.6 Å². The van der Waals surface area contributed by atoms with E-state index in [0.717, 1.165) is 5.56 Å². The molecule has 1 aromatic rings. The van der Waals surface area contributed by atoms with Gasteiger partial charge < -0.3 is 14.7 Å². The van der Waals surface area contributed by atoms with E-state index < -0.39 is 18.1 Å². The molecule has 1 N–H and O–H groups in total. The molecule has 0 radical (unpaired) electrons. The van der Waals surface area contributed by atoms with Gasteiger partial charge in [0.15, 0.2) is 6.10 Å². The average Bonchev–Trinajstić information content (AvgIpc) is 3.00. The number of hydrogen-bond acceptors (Lipinski definition) is 3. The van der Waals surface area contributed by atoms with Crippen molar-refractivity contribution in [3.05, 3.63) is 28.8 Å². The van der Waals surface area contributed by atoms with Crippen LogP contribution in [0, 0.1) is 5.92 Å². The van der Waals surface area contributed by atoms with Crippen molar-refractivity contribution in [1.82, 2.24) is 4.90 Å². The fourth-order valence-electron chi connectivity index (χ4n) is 3.11. The molecule has 3 rings (SSSR count). The quantitative estimate of drug-likeness (QED) is 0.907. The van der Waals surface area contributed by atoms with Crippen LogP contribution in [0.25, 0.3) is 0 Å². The van der Waals surface area contributed by atoms with Crippen molar-refractivity contribution in [2.24, 2.45) is 5.92 Å². The number of benzene rings is 1. The molecule has 0 spiro atoms. The molecule has 112 valence electrons. The fraction of sp³-hybridized carbons (Fsp3) is 0.467. The number of ether oxygens (including phenoxy) is 1. The Hall–Kier alpha value is -1.75. The number of carbonyl (C=O) groups excluding carboxylic acids is 1. The topological polar surface area (TPSA) is 66.8 Å². The van der Waals surface area contributed by atoms with Gasteiger partial charge >= 0.3 is 5.97 Å². The number of amides is 1. The molecular formula is C15H16ClNO4. The number of aliphatic carboxylic acids is 1. The first-order chi connectivity index (χ1) is 9.97. The Morgan fingerprint density at radius 2 is 2.19 bits per heavy atom. The van der Waals surface area contributed by atoms with Crippen LogP contribution in [0.3, 0.4) is 0 Å². The Morgan fingerprint density at radius 1 is 1.43 bits per heavy atom. The summed E-state index contributed by atoms with van der Waals surface area (Å²) in [6.45, 7) is 2.32. The van der Waals surface area contributed by atoms with Crippen LogP contribution in [0.4, 0.5) is 0 Å². The van der Waals surface area contributed by atoms with Crippen LogP contribution in [0.2, 0.25) is 5.02 Å². The summed E-state index contributed by atoms with van der Waals surface area (Å²) < 4.78 is 5.66. The van der Waals surface area contributed by atoms with E-state index in [1.807, 2.05) is 6.92 Å². The van der Waals surface area contributed by atoms with Crippen LogP contribution in [0.5, 0.6) is 5.75 Å². The number of nitrogens with zero attached hydrogens (tertiary/aromatic N) is 1. The molecule has 3 unspecified atom stereocenters. The summed E-state index contributed by atoms with van der Waals surface area (Å²) in [5, 5.41) is 9.90. The zero-order valence-electron chi connectivity index (χ0n) is 11.6. The van der Waals surface area contributed by atoms with Crippen LogP contribution in [-0.4, -0.2) is 40.6 Å². The minimum absolute atomic E-state index is 0.0373. The van der Waals surface area contributed by atoms with E-state index in [-0.39, 0.29) is 11.8 Å². The molecule has 21 heavy (non-hydrogen) atoms. The fourth-order valence-corrected chi connectivity index (χ4v) is 3.31. The number of fused-ring (bicyclic) bond motifs is 1. The SMILES string of the molecule is CC1CCN(C(=O)C2Cc3cc(Cl)ccc3O2)C1C(=O)O. The summed E-state index contributed by atoms with van der Waals surface area (Å²) in [7, 11) is 0. The van der Waals surface area contributed by atoms with Crippen molar-refractivity contribution in [3.8, 4) is 5.75 Å². The maximum Gasteiger partial charge on any atom is 0.326 e. The van der Waals surface area contributed by atoms with Gasteiger partial charge in [-0.2, -0.15) is 0 Å². The standard InChI is InChI=1S/C15H16ClNO4/c1-8-4-5-17(13(8)15(19)20)14(18)12-7-9-6-10(16)2-3-11(9)21-12/h2-3,6,8,12-13H,4-5,7H2,1H3,(H,19,20). The van der Waals surface area contributed by atoms with E-state index in [2.05, 4.69) is 0 Å². The van der Waals surface area contributed by atoms with Crippen LogP contribution in [-0.2, 0) is 16.0 Å². The van der Waals surface area contributed by atoms with Gasteiger partial charge in [0.1, 0.15) is 11.8 Å². The van der Waals surface area contributed by atoms with Gasteiger partial charge in [0.25, 0.3) is 5.91 Å². The van der Waals surface area contributed by atoms with Crippen molar-refractivity contribution in [1.29, 1.82) is 0 Å². The van der Waals surface area contributed by atoms with Gasteiger partial charge in [0.2, 0.25) is 0 Å². The highest BCUT2D eigenvalue weighted by Gasteiger charge is 2.43. The van der Waals surface area contributed by atoms with Gasteiger partial charge in [0.05, 0.1) is 0 Å². The average molecular weight is 310 g/mol. The van der Waals surface area contributed by atoms with Crippen LogP contribution < -0.4 is 4.74 Å². The Balaban J connectivity index is 1.77. The molecule has 3 atom stereocenters. The Labute approximate surface area is 127 Å². The number of hydrogen-bond donors (Lipinski definition) is 1. The van der Waals surface area contributed by atoms with Crippen molar-refractivity contribution < 1.29 is 19.4 Å². The van der Waals surface area contributed by atoms with Crippen molar-refractivity contribution in [2.45, 2.75) is 31.9 Å². The second kappa shape index (κ2) is 5.22. The lowest BCUT2D eigenvalue weighted by Gasteiger charge is -2.25. The van der Waals surface area contributed by atoms with E-state index in [0.29, 0.717) is 30.2 Å². The predicted molar refractivity (Wildman–Crippen MR) is 76.5 cm³/mol. The number of likely N-dealkylation sites (tertiary alicyclic amines) is 1. The van der Waals surface area contributed by atoms with E-state index >= 15 is 0 Å². The smallest absolute Gasteiger partial charge is 0.326 e. The van der Waals surface area contributed by atoms with Gasteiger partial charge in [-0.05, 0) is 36.1 Å². The molecule has 0 saturated carbocycles. The maximum atomic E-state index is 12.6. The number of rotatable bonds is 2. The second-order valence-corrected chi connectivity index (χ2v) is 6.08. The summed E-state index contributed by atoms with van der Waals surface area (Å²) in [6.07, 6.45) is 0.491. The summed E-state index contributed by atoms with van der Waals surface area (Å²) in [5.74, 6) is -0.590. The van der Waals surface area contributed by atoms with Crippen molar-refractivity contribution in [2.75, 3.05) is 6.54 Å². The van der Waals surface area contributed by atoms with E-state index in [1.54, 1.807) is 18.2 Å². The third-order valence-corrected chi connectivity index (χ3v) is 4.44. The summed E-state index contributed by atoms with van der Waals surface area (Å²) in [5.41, 5.74) is 0.889. The molecule has 2 heterocycles. The molecule has 1 fully saturated rings. The van der Waals surface area contributed by atoms with Gasteiger partial charge in [-0.3, -0.25) is 4.79 Å². The highest BCUT2D eigenvalue weighted by molar-refractivity contribution is 6.30. The maximum absolute atomic E-state index is 12.6. The first kappa shape index (κ1) is 14.2. The number of carboxylic acids is 1. The zero-order chi connectivity index (χ0) is 15.1. The molecule has 0 bridgehead atoms. The molecule has 0 aromatic heterocycles. The largest absolute Gasteiger partial charge is 0.480 e. The number of halogens is 1. The van der Waals surface area contributed by atoms with Crippen LogP contribution in [0.15, 0.2) is 18.2 Å².